The second-order valence-electron chi connectivity index (χ2n) is 4.31. The first-order chi connectivity index (χ1) is 9.22. The molecule has 0 saturated carbocycles. The van der Waals surface area contributed by atoms with Crippen LogP contribution >= 0.6 is 22.9 Å². The highest BCUT2D eigenvalue weighted by atomic mass is 35.5. The lowest BCUT2D eigenvalue weighted by Crippen LogP contribution is -2.14. The van der Waals surface area contributed by atoms with Gasteiger partial charge >= 0.3 is 0 Å². The summed E-state index contributed by atoms with van der Waals surface area (Å²) in [6.07, 6.45) is 1.07. The van der Waals surface area contributed by atoms with Crippen molar-refractivity contribution >= 4 is 22.9 Å². The second-order valence-corrected chi connectivity index (χ2v) is 6.11. The van der Waals surface area contributed by atoms with Gasteiger partial charge in [0.05, 0.1) is 4.34 Å². The molecule has 102 valence electrons. The van der Waals surface area contributed by atoms with Gasteiger partial charge in [-0.15, -0.1) is 11.3 Å². The Morgan fingerprint density at radius 1 is 1.21 bits per heavy atom. The monoisotopic (exact) mass is 295 g/mol. The van der Waals surface area contributed by atoms with Gasteiger partial charge in [0.25, 0.3) is 0 Å². The van der Waals surface area contributed by atoms with Crippen molar-refractivity contribution in [3.63, 3.8) is 0 Å². The van der Waals surface area contributed by atoms with Gasteiger partial charge in [0.2, 0.25) is 0 Å². The summed E-state index contributed by atoms with van der Waals surface area (Å²) in [6.45, 7) is 2.74. The van der Waals surface area contributed by atoms with Crippen LogP contribution in [0.5, 0.6) is 5.75 Å². The molecule has 0 aliphatic rings. The van der Waals surface area contributed by atoms with Crippen molar-refractivity contribution < 1.29 is 4.74 Å². The van der Waals surface area contributed by atoms with Crippen LogP contribution < -0.4 is 10.1 Å². The molecule has 1 unspecified atom stereocenters. The van der Waals surface area contributed by atoms with Gasteiger partial charge in [0.15, 0.2) is 0 Å². The molecule has 1 aromatic carbocycles. The minimum atomic E-state index is 0.408. The lowest BCUT2D eigenvalue weighted by molar-refractivity contribution is 0.309. The molecule has 1 heterocycles. The zero-order chi connectivity index (χ0) is 13.7. The van der Waals surface area contributed by atoms with Gasteiger partial charge in [-0.2, -0.15) is 0 Å². The summed E-state index contributed by atoms with van der Waals surface area (Å²) in [7, 11) is 1.99. The molecule has 2 nitrogen and oxygen atoms in total. The fourth-order valence-electron chi connectivity index (χ4n) is 1.99. The van der Waals surface area contributed by atoms with E-state index in [4.69, 9.17) is 16.3 Å². The van der Waals surface area contributed by atoms with Crippen LogP contribution in [0.4, 0.5) is 0 Å². The van der Waals surface area contributed by atoms with E-state index >= 15 is 0 Å². The maximum Gasteiger partial charge on any atom is 0.122 e. The Kier molecular flexibility index (Phi) is 5.25. The SMILES string of the molecule is CCC(NC)c1ccc(OCc2ccc(Cl)s2)cc1. The average Bonchev–Trinajstić information content (AvgIpc) is 2.85. The number of halogens is 1. The Labute approximate surface area is 123 Å². The molecule has 4 heteroatoms. The van der Waals surface area contributed by atoms with E-state index in [2.05, 4.69) is 24.4 Å². The highest BCUT2D eigenvalue weighted by Crippen LogP contribution is 2.24. The molecule has 19 heavy (non-hydrogen) atoms. The van der Waals surface area contributed by atoms with E-state index in [1.165, 1.54) is 5.56 Å². The highest BCUT2D eigenvalue weighted by molar-refractivity contribution is 7.16. The zero-order valence-electron chi connectivity index (χ0n) is 11.2. The molecule has 0 spiro atoms. The van der Waals surface area contributed by atoms with E-state index in [1.54, 1.807) is 11.3 Å². The molecule has 0 saturated heterocycles. The van der Waals surface area contributed by atoms with Gasteiger partial charge < -0.3 is 10.1 Å². The second kappa shape index (κ2) is 6.94. The molecule has 1 atom stereocenters. The average molecular weight is 296 g/mol. The third-order valence-corrected chi connectivity index (χ3v) is 4.25. The van der Waals surface area contributed by atoms with Crippen LogP contribution in [0.2, 0.25) is 4.34 Å². The third kappa shape index (κ3) is 3.96. The summed E-state index contributed by atoms with van der Waals surface area (Å²) in [6, 6.07) is 12.6. The first-order valence-electron chi connectivity index (χ1n) is 6.37. The molecular weight excluding hydrogens is 278 g/mol. The fourth-order valence-corrected chi connectivity index (χ4v) is 2.99. The number of hydrogen-bond acceptors (Lipinski definition) is 3. The van der Waals surface area contributed by atoms with Crippen LogP contribution in [-0.2, 0) is 6.61 Å². The summed E-state index contributed by atoms with van der Waals surface area (Å²) in [5.74, 6) is 0.888. The number of ether oxygens (including phenoxy) is 1. The number of thiophene rings is 1. The Bertz CT molecular complexity index is 505. The van der Waals surface area contributed by atoms with E-state index in [9.17, 15) is 0 Å². The maximum absolute atomic E-state index is 5.89. The molecule has 2 aromatic rings. The van der Waals surface area contributed by atoms with Crippen molar-refractivity contribution in [1.29, 1.82) is 0 Å². The minimum Gasteiger partial charge on any atom is -0.488 e. The number of hydrogen-bond donors (Lipinski definition) is 1. The number of benzene rings is 1. The predicted molar refractivity (Wildman–Crippen MR) is 82.2 cm³/mol. The number of rotatable bonds is 6. The quantitative estimate of drug-likeness (QED) is 0.837. The van der Waals surface area contributed by atoms with Gasteiger partial charge in [-0.25, -0.2) is 0 Å². The molecule has 0 radical (unpaired) electrons. The smallest absolute Gasteiger partial charge is 0.122 e. The molecular formula is C15H18ClNOS. The van der Waals surface area contributed by atoms with Gasteiger partial charge in [0, 0.05) is 10.9 Å². The normalized spacial score (nSPS) is 12.4. The van der Waals surface area contributed by atoms with E-state index in [0.29, 0.717) is 12.6 Å². The minimum absolute atomic E-state index is 0.408. The van der Waals surface area contributed by atoms with Crippen molar-refractivity contribution in [1.82, 2.24) is 5.32 Å². The lowest BCUT2D eigenvalue weighted by Gasteiger charge is -2.14. The largest absolute Gasteiger partial charge is 0.488 e. The first-order valence-corrected chi connectivity index (χ1v) is 7.56. The molecule has 1 N–H and O–H groups in total. The Hall–Kier alpha value is -1.03. The summed E-state index contributed by atoms with van der Waals surface area (Å²) >= 11 is 7.44. The molecule has 0 aliphatic heterocycles. The van der Waals surface area contributed by atoms with Crippen LogP contribution in [0.25, 0.3) is 0 Å². The molecule has 0 bridgehead atoms. The summed E-state index contributed by atoms with van der Waals surface area (Å²) in [5.41, 5.74) is 1.29. The van der Waals surface area contributed by atoms with Crippen molar-refractivity contribution in [2.75, 3.05) is 7.05 Å². The van der Waals surface area contributed by atoms with E-state index < -0.39 is 0 Å². The van der Waals surface area contributed by atoms with Crippen LogP contribution in [0.1, 0.15) is 29.8 Å². The summed E-state index contributed by atoms with van der Waals surface area (Å²) in [5, 5.41) is 3.29. The van der Waals surface area contributed by atoms with Gasteiger partial charge in [-0.1, -0.05) is 30.7 Å². The Balaban J connectivity index is 1.95. The Morgan fingerprint density at radius 2 is 1.95 bits per heavy atom. The van der Waals surface area contributed by atoms with Gasteiger partial charge in [-0.3, -0.25) is 0 Å². The van der Waals surface area contributed by atoms with E-state index in [-0.39, 0.29) is 0 Å². The van der Waals surface area contributed by atoms with Crippen molar-refractivity contribution in [3.8, 4) is 5.75 Å². The predicted octanol–water partition coefficient (Wildman–Crippen LogP) is 4.65. The highest BCUT2D eigenvalue weighted by Gasteiger charge is 2.06. The van der Waals surface area contributed by atoms with Crippen LogP contribution in [0, 0.1) is 0 Å². The summed E-state index contributed by atoms with van der Waals surface area (Å²) < 4.78 is 6.54. The first kappa shape index (κ1) is 14.4. The summed E-state index contributed by atoms with van der Waals surface area (Å²) in [4.78, 5) is 1.13. The van der Waals surface area contributed by atoms with Gasteiger partial charge in [-0.05, 0) is 43.3 Å². The van der Waals surface area contributed by atoms with E-state index in [0.717, 1.165) is 21.4 Å². The molecule has 0 aliphatic carbocycles. The van der Waals surface area contributed by atoms with Crippen molar-refractivity contribution in [2.24, 2.45) is 0 Å². The molecule has 2 rings (SSSR count). The zero-order valence-corrected chi connectivity index (χ0v) is 12.7. The Morgan fingerprint density at radius 3 is 2.47 bits per heavy atom. The van der Waals surface area contributed by atoms with Gasteiger partial charge in [0.1, 0.15) is 12.4 Å². The molecule has 0 fully saturated rings. The van der Waals surface area contributed by atoms with Crippen LogP contribution in [-0.4, -0.2) is 7.05 Å². The third-order valence-electron chi connectivity index (χ3n) is 3.05. The standard InChI is InChI=1S/C15H18ClNOS/c1-3-14(17-2)11-4-6-12(7-5-11)18-10-13-8-9-15(16)19-13/h4-9,14,17H,3,10H2,1-2H3. The maximum atomic E-state index is 5.89. The molecule has 1 aromatic heterocycles. The van der Waals surface area contributed by atoms with Crippen molar-refractivity contribution in [2.45, 2.75) is 26.0 Å². The van der Waals surface area contributed by atoms with Crippen molar-refractivity contribution in [3.05, 3.63) is 51.2 Å². The fraction of sp³-hybridized carbons (Fsp3) is 0.333. The molecule has 0 amide bonds. The lowest BCUT2D eigenvalue weighted by atomic mass is 10.1. The van der Waals surface area contributed by atoms with E-state index in [1.807, 2.05) is 31.3 Å². The van der Waals surface area contributed by atoms with Crippen LogP contribution in [0.3, 0.4) is 0 Å². The van der Waals surface area contributed by atoms with Crippen LogP contribution in [0.15, 0.2) is 36.4 Å². The topological polar surface area (TPSA) is 21.3 Å². The number of nitrogens with one attached hydrogen (secondary N) is 1.